The highest BCUT2D eigenvalue weighted by Gasteiger charge is 2.21. The summed E-state index contributed by atoms with van der Waals surface area (Å²) in [6, 6.07) is 5.04. The Labute approximate surface area is 100 Å². The molecule has 15 heavy (non-hydrogen) atoms. The Morgan fingerprint density at radius 3 is 2.27 bits per heavy atom. The molecule has 1 rings (SSSR count). The molecule has 0 atom stereocenters. The number of benzene rings is 1. The van der Waals surface area contributed by atoms with Crippen LogP contribution in [-0.2, 0) is 5.41 Å². The Morgan fingerprint density at radius 2 is 1.87 bits per heavy atom. The second kappa shape index (κ2) is 4.66. The van der Waals surface area contributed by atoms with Crippen molar-refractivity contribution in [1.29, 1.82) is 0 Å². The minimum absolute atomic E-state index is 0. The lowest BCUT2D eigenvalue weighted by Gasteiger charge is -2.21. The molecule has 0 unspecified atom stereocenters. The number of phenols is 1. The Morgan fingerprint density at radius 1 is 1.33 bits per heavy atom. The SMILES string of the molecule is Br.CC(C)(C)c1cccc(C(N)=O)c1O. The topological polar surface area (TPSA) is 63.3 Å². The van der Waals surface area contributed by atoms with Crippen molar-refractivity contribution in [3.63, 3.8) is 0 Å². The zero-order chi connectivity index (χ0) is 10.9. The van der Waals surface area contributed by atoms with Crippen LogP contribution in [-0.4, -0.2) is 11.0 Å². The molecule has 1 aromatic carbocycles. The van der Waals surface area contributed by atoms with Gasteiger partial charge in [-0.2, -0.15) is 0 Å². The molecule has 0 bridgehead atoms. The molecule has 1 amide bonds. The summed E-state index contributed by atoms with van der Waals surface area (Å²) in [6.45, 7) is 5.90. The van der Waals surface area contributed by atoms with Crippen LogP contribution < -0.4 is 5.73 Å². The molecule has 0 saturated heterocycles. The molecule has 3 nitrogen and oxygen atoms in total. The molecule has 1 aromatic rings. The lowest BCUT2D eigenvalue weighted by molar-refractivity contribution is 0.0997. The number of carbonyl (C=O) groups is 1. The van der Waals surface area contributed by atoms with Crippen molar-refractivity contribution in [2.45, 2.75) is 26.2 Å². The van der Waals surface area contributed by atoms with Crippen molar-refractivity contribution in [3.05, 3.63) is 29.3 Å². The number of hydrogen-bond donors (Lipinski definition) is 2. The van der Waals surface area contributed by atoms with Gasteiger partial charge in [-0.1, -0.05) is 32.9 Å². The van der Waals surface area contributed by atoms with E-state index in [1.807, 2.05) is 20.8 Å². The first-order chi connectivity index (χ1) is 6.34. The Bertz CT molecular complexity index is 369. The fourth-order valence-corrected chi connectivity index (χ4v) is 1.35. The quantitative estimate of drug-likeness (QED) is 0.825. The Hall–Kier alpha value is -1.03. The van der Waals surface area contributed by atoms with Gasteiger partial charge in [-0.15, -0.1) is 17.0 Å². The van der Waals surface area contributed by atoms with Crippen LogP contribution in [0.25, 0.3) is 0 Å². The summed E-state index contributed by atoms with van der Waals surface area (Å²) < 4.78 is 0. The number of hydrogen-bond acceptors (Lipinski definition) is 2. The van der Waals surface area contributed by atoms with Crippen molar-refractivity contribution >= 4 is 22.9 Å². The highest BCUT2D eigenvalue weighted by molar-refractivity contribution is 8.93. The van der Waals surface area contributed by atoms with E-state index >= 15 is 0 Å². The van der Waals surface area contributed by atoms with E-state index in [1.165, 1.54) is 6.07 Å². The van der Waals surface area contributed by atoms with Gasteiger partial charge in [-0.3, -0.25) is 4.79 Å². The molecule has 0 aliphatic rings. The molecule has 0 spiro atoms. The number of nitrogens with two attached hydrogens (primary N) is 1. The average Bonchev–Trinajstić information content (AvgIpc) is 2.01. The molecule has 4 heteroatoms. The standard InChI is InChI=1S/C11H15NO2.BrH/c1-11(2,3)8-6-4-5-7(9(8)13)10(12)14;/h4-6,13H,1-3H3,(H2,12,14);1H. The normalized spacial score (nSPS) is 10.6. The summed E-state index contributed by atoms with van der Waals surface area (Å²) in [5.41, 5.74) is 5.84. The van der Waals surface area contributed by atoms with Gasteiger partial charge >= 0.3 is 0 Å². The maximum Gasteiger partial charge on any atom is 0.252 e. The number of para-hydroxylation sites is 1. The average molecular weight is 274 g/mol. The second-order valence-electron chi connectivity index (χ2n) is 4.32. The zero-order valence-electron chi connectivity index (χ0n) is 9.07. The van der Waals surface area contributed by atoms with Crippen molar-refractivity contribution in [2.24, 2.45) is 5.73 Å². The van der Waals surface area contributed by atoms with Gasteiger partial charge in [0.2, 0.25) is 0 Å². The van der Waals surface area contributed by atoms with Crippen LogP contribution in [0.5, 0.6) is 5.75 Å². The third-order valence-corrected chi connectivity index (χ3v) is 2.11. The second-order valence-corrected chi connectivity index (χ2v) is 4.32. The molecule has 3 N–H and O–H groups in total. The molecule has 0 fully saturated rings. The van der Waals surface area contributed by atoms with E-state index in [0.717, 1.165) is 5.56 Å². The molecule has 84 valence electrons. The van der Waals surface area contributed by atoms with Crippen molar-refractivity contribution < 1.29 is 9.90 Å². The number of aromatic hydroxyl groups is 1. The van der Waals surface area contributed by atoms with E-state index in [9.17, 15) is 9.90 Å². The molecule has 0 heterocycles. The summed E-state index contributed by atoms with van der Waals surface area (Å²) >= 11 is 0. The number of rotatable bonds is 1. The lowest BCUT2D eigenvalue weighted by Crippen LogP contribution is -2.16. The van der Waals surface area contributed by atoms with Gasteiger partial charge in [-0.05, 0) is 11.5 Å². The highest BCUT2D eigenvalue weighted by Crippen LogP contribution is 2.32. The number of carbonyl (C=O) groups excluding carboxylic acids is 1. The van der Waals surface area contributed by atoms with Crippen molar-refractivity contribution in [1.82, 2.24) is 0 Å². The minimum Gasteiger partial charge on any atom is -0.507 e. The summed E-state index contributed by atoms with van der Waals surface area (Å²) in [6.07, 6.45) is 0. The third kappa shape index (κ3) is 2.96. The fourth-order valence-electron chi connectivity index (χ4n) is 1.35. The van der Waals surface area contributed by atoms with Gasteiger partial charge in [-0.25, -0.2) is 0 Å². The zero-order valence-corrected chi connectivity index (χ0v) is 10.8. The molecular weight excluding hydrogens is 258 g/mol. The van der Waals surface area contributed by atoms with Crippen molar-refractivity contribution in [3.8, 4) is 5.75 Å². The van der Waals surface area contributed by atoms with Gasteiger partial charge in [0.25, 0.3) is 5.91 Å². The summed E-state index contributed by atoms with van der Waals surface area (Å²) in [5, 5.41) is 9.79. The van der Waals surface area contributed by atoms with Gasteiger partial charge < -0.3 is 10.8 Å². The molecule has 0 aromatic heterocycles. The number of amides is 1. The van der Waals surface area contributed by atoms with Crippen LogP contribution in [0.1, 0.15) is 36.7 Å². The van der Waals surface area contributed by atoms with E-state index < -0.39 is 5.91 Å². The van der Waals surface area contributed by atoms with Crippen LogP contribution >= 0.6 is 17.0 Å². The van der Waals surface area contributed by atoms with E-state index in [4.69, 9.17) is 5.73 Å². The van der Waals surface area contributed by atoms with Crippen LogP contribution in [0, 0.1) is 0 Å². The van der Waals surface area contributed by atoms with E-state index in [-0.39, 0.29) is 33.7 Å². The molecule has 0 saturated carbocycles. The molecule has 0 aliphatic carbocycles. The van der Waals surface area contributed by atoms with Gasteiger partial charge in [0.1, 0.15) is 5.75 Å². The first-order valence-corrected chi connectivity index (χ1v) is 4.46. The van der Waals surface area contributed by atoms with E-state index in [2.05, 4.69) is 0 Å². The molecule has 0 aliphatic heterocycles. The van der Waals surface area contributed by atoms with Gasteiger partial charge in [0.05, 0.1) is 5.56 Å². The highest BCUT2D eigenvalue weighted by atomic mass is 79.9. The Balaban J connectivity index is 0.00000196. The minimum atomic E-state index is -0.603. The van der Waals surface area contributed by atoms with Gasteiger partial charge in [0, 0.05) is 5.56 Å². The van der Waals surface area contributed by atoms with Crippen LogP contribution in [0.15, 0.2) is 18.2 Å². The van der Waals surface area contributed by atoms with Gasteiger partial charge in [0.15, 0.2) is 0 Å². The fraction of sp³-hybridized carbons (Fsp3) is 0.364. The van der Waals surface area contributed by atoms with Crippen LogP contribution in [0.2, 0.25) is 0 Å². The number of halogens is 1. The Kier molecular flexibility index (Phi) is 4.34. The predicted molar refractivity (Wildman–Crippen MR) is 65.6 cm³/mol. The van der Waals surface area contributed by atoms with E-state index in [0.29, 0.717) is 0 Å². The summed E-state index contributed by atoms with van der Waals surface area (Å²) in [5.74, 6) is -0.610. The van der Waals surface area contributed by atoms with Crippen molar-refractivity contribution in [2.75, 3.05) is 0 Å². The summed E-state index contributed by atoms with van der Waals surface area (Å²) in [4.78, 5) is 11.0. The smallest absolute Gasteiger partial charge is 0.252 e. The molecule has 0 radical (unpaired) electrons. The van der Waals surface area contributed by atoms with Crippen LogP contribution in [0.4, 0.5) is 0 Å². The maximum absolute atomic E-state index is 11.0. The lowest BCUT2D eigenvalue weighted by atomic mass is 9.85. The largest absolute Gasteiger partial charge is 0.507 e. The first-order valence-electron chi connectivity index (χ1n) is 4.46. The monoisotopic (exact) mass is 273 g/mol. The molecular formula is C11H16BrNO2. The third-order valence-electron chi connectivity index (χ3n) is 2.11. The number of primary amides is 1. The van der Waals surface area contributed by atoms with Crippen LogP contribution in [0.3, 0.4) is 0 Å². The summed E-state index contributed by atoms with van der Waals surface area (Å²) in [7, 11) is 0. The van der Waals surface area contributed by atoms with E-state index in [1.54, 1.807) is 12.1 Å². The first kappa shape index (κ1) is 14.0. The maximum atomic E-state index is 11.0. The predicted octanol–water partition coefficient (Wildman–Crippen LogP) is 2.37.